The molecule has 0 aliphatic carbocycles. The standard InChI is InChI=1S/C7H3BrClN2/c8-7-4-2-1-3-5(9)6(4)10-11-7/h1-3H. The van der Waals surface area contributed by atoms with Gasteiger partial charge in [-0.25, -0.2) is 0 Å². The second-order valence-corrected chi connectivity index (χ2v) is 3.29. The molecule has 1 aromatic carbocycles. The topological polar surface area (TPSA) is 26.5 Å². The van der Waals surface area contributed by atoms with Gasteiger partial charge < -0.3 is 0 Å². The zero-order valence-corrected chi connectivity index (χ0v) is 7.72. The van der Waals surface area contributed by atoms with Gasteiger partial charge in [-0.05, 0) is 28.1 Å². The van der Waals surface area contributed by atoms with Crippen LogP contribution in [-0.4, -0.2) is 4.62 Å². The number of fused-ring (bicyclic) bond motifs is 1. The third-order valence-corrected chi connectivity index (χ3v) is 2.34. The highest BCUT2D eigenvalue weighted by atomic mass is 79.9. The van der Waals surface area contributed by atoms with Crippen molar-refractivity contribution in [3.8, 4) is 0 Å². The molecule has 0 fully saturated rings. The number of rotatable bonds is 0. The van der Waals surface area contributed by atoms with E-state index in [1.54, 1.807) is 6.07 Å². The lowest BCUT2D eigenvalue weighted by Crippen LogP contribution is -1.84. The van der Waals surface area contributed by atoms with Crippen molar-refractivity contribution in [3.05, 3.63) is 28.8 Å². The van der Waals surface area contributed by atoms with E-state index in [4.69, 9.17) is 11.6 Å². The molecule has 0 unspecified atom stereocenters. The third kappa shape index (κ3) is 1.04. The van der Waals surface area contributed by atoms with Gasteiger partial charge in [-0.1, -0.05) is 17.7 Å². The zero-order valence-electron chi connectivity index (χ0n) is 5.38. The summed E-state index contributed by atoms with van der Waals surface area (Å²) in [6, 6.07) is 5.59. The van der Waals surface area contributed by atoms with E-state index >= 15 is 0 Å². The van der Waals surface area contributed by atoms with Crippen LogP contribution in [0.15, 0.2) is 23.3 Å². The number of nitrogens with zero attached hydrogens (tertiary/aromatic N) is 2. The smallest absolute Gasteiger partial charge is 0.138 e. The van der Waals surface area contributed by atoms with Crippen molar-refractivity contribution in [2.24, 2.45) is 5.10 Å². The maximum Gasteiger partial charge on any atom is 0.138 e. The van der Waals surface area contributed by atoms with Crippen LogP contribution in [0.5, 0.6) is 0 Å². The maximum atomic E-state index is 5.85. The van der Waals surface area contributed by atoms with Gasteiger partial charge in [0.25, 0.3) is 0 Å². The number of halogens is 2. The molecular weight excluding hydrogens is 227 g/mol. The summed E-state index contributed by atoms with van der Waals surface area (Å²) < 4.78 is 0.745. The molecule has 0 atom stereocenters. The Morgan fingerprint density at radius 1 is 1.36 bits per heavy atom. The Hall–Kier alpha value is -0.540. The number of hydrogen-bond donors (Lipinski definition) is 0. The molecule has 1 radical (unpaired) electrons. The molecule has 55 valence electrons. The fourth-order valence-electron chi connectivity index (χ4n) is 0.931. The molecule has 1 aliphatic rings. The Morgan fingerprint density at radius 2 is 2.18 bits per heavy atom. The van der Waals surface area contributed by atoms with Crippen LogP contribution in [0, 0.1) is 0 Å². The molecule has 0 bridgehead atoms. The molecule has 2 nitrogen and oxygen atoms in total. The maximum absolute atomic E-state index is 5.85. The Labute approximate surface area is 77.4 Å². The molecule has 0 aromatic heterocycles. The van der Waals surface area contributed by atoms with Crippen LogP contribution in [0.25, 0.3) is 0 Å². The van der Waals surface area contributed by atoms with Crippen LogP contribution in [0.1, 0.15) is 5.56 Å². The second kappa shape index (κ2) is 2.50. The van der Waals surface area contributed by atoms with E-state index in [9.17, 15) is 0 Å². The molecule has 1 heterocycles. The van der Waals surface area contributed by atoms with E-state index in [1.807, 2.05) is 12.1 Å². The van der Waals surface area contributed by atoms with Crippen molar-refractivity contribution >= 4 is 37.8 Å². The van der Waals surface area contributed by atoms with E-state index in [1.165, 1.54) is 0 Å². The number of benzene rings is 1. The molecular formula is C7H3BrClN2. The van der Waals surface area contributed by atoms with Gasteiger partial charge in [0.2, 0.25) is 0 Å². The highest BCUT2D eigenvalue weighted by molar-refractivity contribution is 9.18. The average molecular weight is 230 g/mol. The number of hydrogen-bond acceptors (Lipinski definition) is 1. The first-order valence-corrected chi connectivity index (χ1v) is 4.19. The van der Waals surface area contributed by atoms with E-state index in [-0.39, 0.29) is 0 Å². The second-order valence-electron chi connectivity index (χ2n) is 2.13. The molecule has 0 N–H and O–H groups in total. The first kappa shape index (κ1) is 7.13. The summed E-state index contributed by atoms with van der Waals surface area (Å²) in [5.41, 5.74) is 5.60. The monoisotopic (exact) mass is 229 g/mol. The van der Waals surface area contributed by atoms with Gasteiger partial charge in [0.15, 0.2) is 0 Å². The van der Waals surface area contributed by atoms with Crippen LogP contribution in [0.3, 0.4) is 0 Å². The van der Waals surface area contributed by atoms with Crippen LogP contribution < -0.4 is 5.43 Å². The average Bonchev–Trinajstić information content (AvgIpc) is 2.35. The summed E-state index contributed by atoms with van der Waals surface area (Å²) >= 11 is 9.12. The Balaban J connectivity index is 2.64. The van der Waals surface area contributed by atoms with Crippen LogP contribution in [0.4, 0.5) is 5.69 Å². The van der Waals surface area contributed by atoms with Gasteiger partial charge in [-0.2, -0.15) is 0 Å². The molecule has 11 heavy (non-hydrogen) atoms. The van der Waals surface area contributed by atoms with Gasteiger partial charge in [-0.15, -0.1) is 10.5 Å². The van der Waals surface area contributed by atoms with Crippen molar-refractivity contribution < 1.29 is 0 Å². The van der Waals surface area contributed by atoms with Crippen LogP contribution >= 0.6 is 27.5 Å². The van der Waals surface area contributed by atoms with E-state index in [2.05, 4.69) is 26.5 Å². The molecule has 0 spiro atoms. The van der Waals surface area contributed by atoms with Crippen LogP contribution in [-0.2, 0) is 0 Å². The molecule has 0 saturated heterocycles. The van der Waals surface area contributed by atoms with Gasteiger partial charge >= 0.3 is 0 Å². The summed E-state index contributed by atoms with van der Waals surface area (Å²) in [7, 11) is 0. The molecule has 0 amide bonds. The SMILES string of the molecule is Clc1cccc2c1[N]N=C2Br. The van der Waals surface area contributed by atoms with Crippen LogP contribution in [0.2, 0.25) is 5.02 Å². The minimum Gasteiger partial charge on any atom is -0.148 e. The highest BCUT2D eigenvalue weighted by Gasteiger charge is 2.16. The predicted octanol–water partition coefficient (Wildman–Crippen LogP) is 2.65. The summed E-state index contributed by atoms with van der Waals surface area (Å²) in [5.74, 6) is 0. The lowest BCUT2D eigenvalue weighted by Gasteiger charge is -1.96. The fourth-order valence-corrected chi connectivity index (χ4v) is 1.54. The van der Waals surface area contributed by atoms with Gasteiger partial charge in [0, 0.05) is 5.56 Å². The minimum atomic E-state index is 0.640. The van der Waals surface area contributed by atoms with Gasteiger partial charge in [0.05, 0.1) is 5.02 Å². The van der Waals surface area contributed by atoms with E-state index in [0.29, 0.717) is 5.02 Å². The zero-order chi connectivity index (χ0) is 7.84. The summed E-state index contributed by atoms with van der Waals surface area (Å²) in [4.78, 5) is 0. The Kier molecular flexibility index (Phi) is 1.62. The van der Waals surface area contributed by atoms with Gasteiger partial charge in [-0.3, -0.25) is 0 Å². The van der Waals surface area contributed by atoms with Crippen molar-refractivity contribution in [2.75, 3.05) is 0 Å². The summed E-state index contributed by atoms with van der Waals surface area (Å²) in [6.07, 6.45) is 0. The molecule has 4 heteroatoms. The third-order valence-electron chi connectivity index (χ3n) is 1.45. The normalized spacial score (nSPS) is 13.8. The predicted molar refractivity (Wildman–Crippen MR) is 48.7 cm³/mol. The lowest BCUT2D eigenvalue weighted by molar-refractivity contribution is 0.991. The quantitative estimate of drug-likeness (QED) is 0.655. The van der Waals surface area contributed by atoms with Crippen molar-refractivity contribution in [1.29, 1.82) is 0 Å². The van der Waals surface area contributed by atoms with Crippen molar-refractivity contribution in [1.82, 2.24) is 5.43 Å². The van der Waals surface area contributed by atoms with Gasteiger partial charge in [0.1, 0.15) is 10.3 Å². The molecule has 1 aliphatic heterocycles. The largest absolute Gasteiger partial charge is 0.148 e. The Morgan fingerprint density at radius 3 is 2.91 bits per heavy atom. The highest BCUT2D eigenvalue weighted by Crippen LogP contribution is 2.31. The Bertz CT molecular complexity index is 335. The molecule has 1 aromatic rings. The van der Waals surface area contributed by atoms with E-state index < -0.39 is 0 Å². The first-order valence-electron chi connectivity index (χ1n) is 3.02. The lowest BCUT2D eigenvalue weighted by atomic mass is 10.2. The fraction of sp³-hybridized carbons (Fsp3) is 0. The minimum absolute atomic E-state index is 0.640. The summed E-state index contributed by atoms with van der Waals surface area (Å²) in [5, 5.41) is 4.48. The van der Waals surface area contributed by atoms with Crippen molar-refractivity contribution in [3.63, 3.8) is 0 Å². The first-order chi connectivity index (χ1) is 5.29. The van der Waals surface area contributed by atoms with Crippen molar-refractivity contribution in [2.45, 2.75) is 0 Å². The molecule has 0 saturated carbocycles. The summed E-state index contributed by atoms with van der Waals surface area (Å²) in [6.45, 7) is 0. The van der Waals surface area contributed by atoms with E-state index in [0.717, 1.165) is 15.9 Å². The molecule has 2 rings (SSSR count).